The normalized spacial score (nSPS) is 18.4. The number of carbonyl (C=O) groups excluding carboxylic acids is 1. The molecule has 6 nitrogen and oxygen atoms in total. The molecule has 2 fully saturated rings. The first-order valence-corrected chi connectivity index (χ1v) is 8.97. The second kappa shape index (κ2) is 6.86. The maximum Gasteiger partial charge on any atom is 0.226 e. The summed E-state index contributed by atoms with van der Waals surface area (Å²) < 4.78 is 11.0. The number of carbonyl (C=O) groups is 1. The van der Waals surface area contributed by atoms with Gasteiger partial charge in [0, 0.05) is 24.9 Å². The van der Waals surface area contributed by atoms with Crippen molar-refractivity contribution in [3.05, 3.63) is 41.6 Å². The number of piperidine rings is 1. The van der Waals surface area contributed by atoms with Crippen molar-refractivity contribution < 1.29 is 13.9 Å². The maximum absolute atomic E-state index is 12.5. The maximum atomic E-state index is 12.5. The summed E-state index contributed by atoms with van der Waals surface area (Å²) in [6, 6.07) is 7.69. The van der Waals surface area contributed by atoms with E-state index in [1.54, 1.807) is 7.11 Å². The fourth-order valence-corrected chi connectivity index (χ4v) is 3.35. The SMILES string of the molecule is COc1cccc(CC(=O)N2CCC(c3nnc(C4CC4)o3)CC2)c1. The molecular formula is C19H23N3O3. The lowest BCUT2D eigenvalue weighted by Crippen LogP contribution is -2.38. The number of methoxy groups -OCH3 is 1. The van der Waals surface area contributed by atoms with E-state index < -0.39 is 0 Å². The van der Waals surface area contributed by atoms with Crippen LogP contribution >= 0.6 is 0 Å². The lowest BCUT2D eigenvalue weighted by molar-refractivity contribution is -0.131. The standard InChI is InChI=1S/C19H23N3O3/c1-24-16-4-2-3-13(11-16)12-17(23)22-9-7-15(8-10-22)19-21-20-18(25-19)14-5-6-14/h2-4,11,14-15H,5-10,12H2,1H3. The van der Waals surface area contributed by atoms with E-state index in [9.17, 15) is 4.79 Å². The molecule has 6 heteroatoms. The molecule has 1 aromatic carbocycles. The molecule has 1 aromatic heterocycles. The monoisotopic (exact) mass is 341 g/mol. The quantitative estimate of drug-likeness (QED) is 0.836. The first kappa shape index (κ1) is 16.1. The topological polar surface area (TPSA) is 68.5 Å². The van der Waals surface area contributed by atoms with Gasteiger partial charge in [-0.15, -0.1) is 10.2 Å². The molecule has 0 unspecified atom stereocenters. The Morgan fingerprint density at radius 3 is 2.48 bits per heavy atom. The van der Waals surface area contributed by atoms with Gasteiger partial charge in [-0.25, -0.2) is 0 Å². The molecule has 1 amide bonds. The molecule has 0 spiro atoms. The zero-order valence-electron chi connectivity index (χ0n) is 14.5. The summed E-state index contributed by atoms with van der Waals surface area (Å²) in [4.78, 5) is 14.5. The van der Waals surface area contributed by atoms with Crippen LogP contribution in [-0.4, -0.2) is 41.2 Å². The van der Waals surface area contributed by atoms with Gasteiger partial charge in [-0.05, 0) is 43.4 Å². The van der Waals surface area contributed by atoms with E-state index in [-0.39, 0.29) is 11.8 Å². The van der Waals surface area contributed by atoms with E-state index in [1.165, 1.54) is 12.8 Å². The smallest absolute Gasteiger partial charge is 0.226 e. The van der Waals surface area contributed by atoms with Gasteiger partial charge >= 0.3 is 0 Å². The Morgan fingerprint density at radius 2 is 1.84 bits per heavy atom. The Kier molecular flexibility index (Phi) is 4.42. The molecule has 2 aromatic rings. The number of hydrogen-bond acceptors (Lipinski definition) is 5. The van der Waals surface area contributed by atoms with Gasteiger partial charge in [-0.2, -0.15) is 0 Å². The second-order valence-corrected chi connectivity index (χ2v) is 6.94. The van der Waals surface area contributed by atoms with Crippen LogP contribution < -0.4 is 4.74 Å². The van der Waals surface area contributed by atoms with Crippen LogP contribution in [0.15, 0.2) is 28.7 Å². The minimum absolute atomic E-state index is 0.163. The van der Waals surface area contributed by atoms with E-state index >= 15 is 0 Å². The van der Waals surface area contributed by atoms with Crippen LogP contribution in [0.5, 0.6) is 5.75 Å². The van der Waals surface area contributed by atoms with Crippen LogP contribution in [0, 0.1) is 0 Å². The predicted molar refractivity (Wildman–Crippen MR) is 91.5 cm³/mol. The molecular weight excluding hydrogens is 318 g/mol. The number of nitrogens with zero attached hydrogens (tertiary/aromatic N) is 3. The van der Waals surface area contributed by atoms with Crippen molar-refractivity contribution >= 4 is 5.91 Å². The zero-order chi connectivity index (χ0) is 17.2. The highest BCUT2D eigenvalue weighted by molar-refractivity contribution is 5.79. The Labute approximate surface area is 147 Å². The van der Waals surface area contributed by atoms with Gasteiger partial charge in [0.15, 0.2) is 0 Å². The van der Waals surface area contributed by atoms with E-state index in [0.29, 0.717) is 12.3 Å². The highest BCUT2D eigenvalue weighted by atomic mass is 16.5. The molecule has 1 saturated carbocycles. The van der Waals surface area contributed by atoms with Crippen LogP contribution in [0.4, 0.5) is 0 Å². The molecule has 2 heterocycles. The van der Waals surface area contributed by atoms with Crippen LogP contribution in [0.25, 0.3) is 0 Å². The molecule has 4 rings (SSSR count). The fraction of sp³-hybridized carbons (Fsp3) is 0.526. The number of ether oxygens (including phenoxy) is 1. The van der Waals surface area contributed by atoms with Gasteiger partial charge < -0.3 is 14.1 Å². The number of hydrogen-bond donors (Lipinski definition) is 0. The molecule has 0 atom stereocenters. The van der Waals surface area contributed by atoms with Crippen LogP contribution in [-0.2, 0) is 11.2 Å². The summed E-state index contributed by atoms with van der Waals surface area (Å²) in [5.74, 6) is 3.27. The largest absolute Gasteiger partial charge is 0.497 e. The van der Waals surface area contributed by atoms with Gasteiger partial charge in [0.25, 0.3) is 0 Å². The van der Waals surface area contributed by atoms with Crippen molar-refractivity contribution in [1.29, 1.82) is 0 Å². The van der Waals surface area contributed by atoms with Crippen molar-refractivity contribution in [2.45, 2.75) is 43.9 Å². The summed E-state index contributed by atoms with van der Waals surface area (Å²) in [6.07, 6.45) is 4.51. The van der Waals surface area contributed by atoms with Crippen molar-refractivity contribution in [3.8, 4) is 5.75 Å². The minimum atomic E-state index is 0.163. The van der Waals surface area contributed by atoms with Gasteiger partial charge in [-0.1, -0.05) is 12.1 Å². The molecule has 25 heavy (non-hydrogen) atoms. The number of aromatic nitrogens is 2. The Balaban J connectivity index is 1.32. The van der Waals surface area contributed by atoms with Crippen molar-refractivity contribution in [2.75, 3.05) is 20.2 Å². The highest BCUT2D eigenvalue weighted by Crippen LogP contribution is 2.40. The molecule has 1 saturated heterocycles. The molecule has 0 radical (unpaired) electrons. The number of amides is 1. The van der Waals surface area contributed by atoms with E-state index in [1.807, 2.05) is 29.2 Å². The third-order valence-electron chi connectivity index (χ3n) is 5.07. The first-order valence-electron chi connectivity index (χ1n) is 8.97. The van der Waals surface area contributed by atoms with E-state index in [0.717, 1.165) is 49.0 Å². The molecule has 1 aliphatic heterocycles. The van der Waals surface area contributed by atoms with Crippen molar-refractivity contribution in [1.82, 2.24) is 15.1 Å². The lowest BCUT2D eigenvalue weighted by atomic mass is 9.96. The summed E-state index contributed by atoms with van der Waals surface area (Å²) in [6.45, 7) is 1.49. The average Bonchev–Trinajstić information content (AvgIpc) is 3.39. The summed E-state index contributed by atoms with van der Waals surface area (Å²) in [7, 11) is 1.64. The molecule has 0 bridgehead atoms. The number of rotatable bonds is 5. The number of benzene rings is 1. The summed E-state index contributed by atoms with van der Waals surface area (Å²) in [5.41, 5.74) is 0.984. The van der Waals surface area contributed by atoms with Crippen molar-refractivity contribution in [2.24, 2.45) is 0 Å². The second-order valence-electron chi connectivity index (χ2n) is 6.94. The third-order valence-corrected chi connectivity index (χ3v) is 5.07. The average molecular weight is 341 g/mol. The molecule has 2 aliphatic rings. The van der Waals surface area contributed by atoms with E-state index in [4.69, 9.17) is 9.15 Å². The first-order chi connectivity index (χ1) is 12.2. The van der Waals surface area contributed by atoms with Crippen LogP contribution in [0.1, 0.15) is 54.9 Å². The van der Waals surface area contributed by atoms with Gasteiger partial charge in [0.1, 0.15) is 5.75 Å². The predicted octanol–water partition coefficient (Wildman–Crippen LogP) is 2.90. The minimum Gasteiger partial charge on any atom is -0.497 e. The Morgan fingerprint density at radius 1 is 1.16 bits per heavy atom. The lowest BCUT2D eigenvalue weighted by Gasteiger charge is -2.30. The van der Waals surface area contributed by atoms with Crippen LogP contribution in [0.2, 0.25) is 0 Å². The fourth-order valence-electron chi connectivity index (χ4n) is 3.35. The molecule has 1 aliphatic carbocycles. The summed E-state index contributed by atoms with van der Waals surface area (Å²) in [5, 5.41) is 8.39. The van der Waals surface area contributed by atoms with Gasteiger partial charge in [0.2, 0.25) is 17.7 Å². The van der Waals surface area contributed by atoms with E-state index in [2.05, 4.69) is 10.2 Å². The molecule has 0 N–H and O–H groups in total. The zero-order valence-corrected chi connectivity index (χ0v) is 14.5. The van der Waals surface area contributed by atoms with Crippen LogP contribution in [0.3, 0.4) is 0 Å². The Bertz CT molecular complexity index is 746. The number of likely N-dealkylation sites (tertiary alicyclic amines) is 1. The third kappa shape index (κ3) is 3.67. The van der Waals surface area contributed by atoms with Gasteiger partial charge in [-0.3, -0.25) is 4.79 Å². The Hall–Kier alpha value is -2.37. The molecule has 132 valence electrons. The van der Waals surface area contributed by atoms with Crippen molar-refractivity contribution in [3.63, 3.8) is 0 Å². The summed E-state index contributed by atoms with van der Waals surface area (Å²) >= 11 is 0. The van der Waals surface area contributed by atoms with Gasteiger partial charge in [0.05, 0.1) is 13.5 Å². The highest BCUT2D eigenvalue weighted by Gasteiger charge is 2.32.